The molecule has 0 radical (unpaired) electrons. The van der Waals surface area contributed by atoms with Crippen molar-refractivity contribution in [2.24, 2.45) is 0 Å². The van der Waals surface area contributed by atoms with Crippen LogP contribution in [0.2, 0.25) is 0 Å². The van der Waals surface area contributed by atoms with E-state index in [0.29, 0.717) is 0 Å². The highest BCUT2D eigenvalue weighted by Gasteiger charge is 2.46. The van der Waals surface area contributed by atoms with Gasteiger partial charge in [-0.25, -0.2) is 0 Å². The number of phenolic OH excluding ortho intramolecular Hbond substituents is 1. The third-order valence-electron chi connectivity index (χ3n) is 3.16. The lowest BCUT2D eigenvalue weighted by Crippen LogP contribution is -2.08. The van der Waals surface area contributed by atoms with E-state index in [4.69, 9.17) is 0 Å². The molecule has 0 amide bonds. The summed E-state index contributed by atoms with van der Waals surface area (Å²) in [6.45, 7) is 3.96. The van der Waals surface area contributed by atoms with Crippen molar-refractivity contribution in [3.05, 3.63) is 28.8 Å². The number of benzene rings is 1. The molecule has 1 aliphatic rings. The van der Waals surface area contributed by atoms with Crippen molar-refractivity contribution in [1.29, 1.82) is 0 Å². The van der Waals surface area contributed by atoms with Gasteiger partial charge in [0, 0.05) is 5.56 Å². The smallest absolute Gasteiger partial charge is 0.130 e. The molecular formula is C12H14O2. The summed E-state index contributed by atoms with van der Waals surface area (Å²) in [5.74, 6) is 0.262. The van der Waals surface area contributed by atoms with Gasteiger partial charge in [0.2, 0.25) is 0 Å². The van der Waals surface area contributed by atoms with Gasteiger partial charge in [0.1, 0.15) is 12.0 Å². The van der Waals surface area contributed by atoms with Crippen LogP contribution in [-0.2, 0) is 10.2 Å². The van der Waals surface area contributed by atoms with E-state index < -0.39 is 0 Å². The van der Waals surface area contributed by atoms with Gasteiger partial charge < -0.3 is 9.90 Å². The van der Waals surface area contributed by atoms with E-state index in [-0.39, 0.29) is 11.2 Å². The molecule has 2 heteroatoms. The van der Waals surface area contributed by atoms with Crippen LogP contribution in [0.4, 0.5) is 0 Å². The summed E-state index contributed by atoms with van der Waals surface area (Å²) in [6.07, 6.45) is 2.70. The highest BCUT2D eigenvalue weighted by molar-refractivity contribution is 5.75. The van der Waals surface area contributed by atoms with E-state index in [1.807, 2.05) is 19.9 Å². The fourth-order valence-electron chi connectivity index (χ4n) is 1.79. The topological polar surface area (TPSA) is 37.3 Å². The van der Waals surface area contributed by atoms with E-state index in [0.717, 1.165) is 35.8 Å². The Morgan fingerprint density at radius 3 is 2.36 bits per heavy atom. The van der Waals surface area contributed by atoms with Gasteiger partial charge >= 0.3 is 0 Å². The third-order valence-corrected chi connectivity index (χ3v) is 3.16. The van der Waals surface area contributed by atoms with E-state index in [9.17, 15) is 9.90 Å². The van der Waals surface area contributed by atoms with Gasteiger partial charge in [0.05, 0.1) is 5.41 Å². The number of aromatic hydroxyl groups is 1. The van der Waals surface area contributed by atoms with E-state index >= 15 is 0 Å². The maximum absolute atomic E-state index is 10.9. The molecule has 1 fully saturated rings. The first-order valence-corrected chi connectivity index (χ1v) is 4.86. The Hall–Kier alpha value is -1.31. The maximum Gasteiger partial charge on any atom is 0.130 e. The van der Waals surface area contributed by atoms with E-state index in [1.54, 1.807) is 6.07 Å². The Labute approximate surface area is 83.6 Å². The fraction of sp³-hybridized carbons (Fsp3) is 0.417. The Bertz CT molecular complexity index is 390. The highest BCUT2D eigenvalue weighted by Crippen LogP contribution is 2.49. The van der Waals surface area contributed by atoms with Gasteiger partial charge in [0.15, 0.2) is 0 Å². The summed E-state index contributed by atoms with van der Waals surface area (Å²) in [5, 5.41) is 9.76. The van der Waals surface area contributed by atoms with Crippen molar-refractivity contribution in [3.8, 4) is 5.75 Å². The zero-order valence-corrected chi connectivity index (χ0v) is 8.50. The Kier molecular flexibility index (Phi) is 1.88. The summed E-state index contributed by atoms with van der Waals surface area (Å²) < 4.78 is 0. The minimum absolute atomic E-state index is 0.262. The van der Waals surface area contributed by atoms with Gasteiger partial charge in [-0.3, -0.25) is 0 Å². The van der Waals surface area contributed by atoms with Crippen molar-refractivity contribution in [1.82, 2.24) is 0 Å². The molecule has 0 atom stereocenters. The van der Waals surface area contributed by atoms with Gasteiger partial charge in [-0.2, -0.15) is 0 Å². The van der Waals surface area contributed by atoms with Crippen LogP contribution in [0.15, 0.2) is 12.1 Å². The van der Waals surface area contributed by atoms with Gasteiger partial charge in [-0.15, -0.1) is 0 Å². The second-order valence-electron chi connectivity index (χ2n) is 4.23. The number of aldehydes is 1. The van der Waals surface area contributed by atoms with Crippen molar-refractivity contribution < 1.29 is 9.90 Å². The fourth-order valence-corrected chi connectivity index (χ4v) is 1.79. The minimum atomic E-state index is -0.372. The Balaban J connectivity index is 2.54. The van der Waals surface area contributed by atoms with Crippen LogP contribution in [0.25, 0.3) is 0 Å². The largest absolute Gasteiger partial charge is 0.508 e. The lowest BCUT2D eigenvalue weighted by Gasteiger charge is -2.12. The number of hydrogen-bond acceptors (Lipinski definition) is 2. The number of carbonyl (C=O) groups excluding carboxylic acids is 1. The second kappa shape index (κ2) is 2.84. The van der Waals surface area contributed by atoms with E-state index in [2.05, 4.69) is 0 Å². The average Bonchev–Trinajstić information content (AvgIpc) is 2.92. The van der Waals surface area contributed by atoms with Crippen molar-refractivity contribution in [3.63, 3.8) is 0 Å². The average molecular weight is 190 g/mol. The number of hydrogen-bond donors (Lipinski definition) is 1. The van der Waals surface area contributed by atoms with Crippen molar-refractivity contribution in [2.75, 3.05) is 0 Å². The monoisotopic (exact) mass is 190 g/mol. The molecule has 0 heterocycles. The molecule has 2 nitrogen and oxygen atoms in total. The summed E-state index contributed by atoms with van der Waals surface area (Å²) in [7, 11) is 0. The molecule has 1 aromatic rings. The first-order valence-electron chi connectivity index (χ1n) is 4.86. The van der Waals surface area contributed by atoms with Gasteiger partial charge in [0.25, 0.3) is 0 Å². The molecule has 0 aromatic heterocycles. The molecule has 14 heavy (non-hydrogen) atoms. The third kappa shape index (κ3) is 1.22. The van der Waals surface area contributed by atoms with E-state index in [1.165, 1.54) is 0 Å². The Morgan fingerprint density at radius 1 is 1.29 bits per heavy atom. The minimum Gasteiger partial charge on any atom is -0.508 e. The normalized spacial score (nSPS) is 17.9. The van der Waals surface area contributed by atoms with Crippen LogP contribution < -0.4 is 0 Å². The van der Waals surface area contributed by atoms with Gasteiger partial charge in [-0.05, 0) is 43.9 Å². The summed E-state index contributed by atoms with van der Waals surface area (Å²) in [6, 6.07) is 3.68. The van der Waals surface area contributed by atoms with Gasteiger partial charge in [-0.1, -0.05) is 6.07 Å². The molecule has 0 aliphatic heterocycles. The Morgan fingerprint density at radius 2 is 1.86 bits per heavy atom. The molecule has 0 spiro atoms. The molecule has 74 valence electrons. The van der Waals surface area contributed by atoms with Crippen molar-refractivity contribution >= 4 is 6.29 Å². The SMILES string of the molecule is Cc1cc(O)c(C2(C=O)CC2)cc1C. The molecule has 0 bridgehead atoms. The summed E-state index contributed by atoms with van der Waals surface area (Å²) in [4.78, 5) is 10.9. The highest BCUT2D eigenvalue weighted by atomic mass is 16.3. The number of phenols is 1. The number of carbonyl (C=O) groups is 1. The van der Waals surface area contributed by atoms with Crippen LogP contribution in [0.5, 0.6) is 5.75 Å². The molecule has 1 aromatic carbocycles. The maximum atomic E-state index is 10.9. The first kappa shape index (κ1) is 9.25. The van der Waals surface area contributed by atoms with Crippen molar-refractivity contribution in [2.45, 2.75) is 32.1 Å². The number of aryl methyl sites for hydroxylation is 2. The van der Waals surface area contributed by atoms with Crippen LogP contribution in [0.3, 0.4) is 0 Å². The zero-order valence-electron chi connectivity index (χ0n) is 8.50. The molecule has 1 saturated carbocycles. The molecule has 1 aliphatic carbocycles. The predicted molar refractivity (Wildman–Crippen MR) is 54.6 cm³/mol. The quantitative estimate of drug-likeness (QED) is 0.726. The second-order valence-corrected chi connectivity index (χ2v) is 4.23. The lowest BCUT2D eigenvalue weighted by atomic mass is 9.93. The van der Waals surface area contributed by atoms with Crippen LogP contribution in [0, 0.1) is 13.8 Å². The summed E-state index contributed by atoms with van der Waals surface area (Å²) in [5.41, 5.74) is 2.62. The first-order chi connectivity index (χ1) is 6.59. The zero-order chi connectivity index (χ0) is 10.3. The molecule has 2 rings (SSSR count). The van der Waals surface area contributed by atoms with Crippen LogP contribution >= 0.6 is 0 Å². The number of rotatable bonds is 2. The van der Waals surface area contributed by atoms with Crippen LogP contribution in [0.1, 0.15) is 29.5 Å². The lowest BCUT2D eigenvalue weighted by molar-refractivity contribution is -0.109. The standard InChI is InChI=1S/C12H14O2/c1-8-5-10(11(14)6-9(8)2)12(7-13)3-4-12/h5-7,14H,3-4H2,1-2H3. The molecular weight excluding hydrogens is 176 g/mol. The molecule has 0 saturated heterocycles. The van der Waals surface area contributed by atoms with Crippen LogP contribution in [-0.4, -0.2) is 11.4 Å². The summed E-state index contributed by atoms with van der Waals surface area (Å²) >= 11 is 0. The molecule has 1 N–H and O–H groups in total. The molecule has 0 unspecified atom stereocenters. The predicted octanol–water partition coefficient (Wildman–Crippen LogP) is 2.24.